The van der Waals surface area contributed by atoms with Gasteiger partial charge in [0, 0.05) is 19.2 Å². The van der Waals surface area contributed by atoms with E-state index in [0.29, 0.717) is 0 Å². The van der Waals surface area contributed by atoms with Crippen molar-refractivity contribution in [3.8, 4) is 0 Å². The molecule has 2 unspecified atom stereocenters. The summed E-state index contributed by atoms with van der Waals surface area (Å²) >= 11 is 0. The van der Waals surface area contributed by atoms with Gasteiger partial charge in [-0.15, -0.1) is 0 Å². The fraction of sp³-hybridized carbons (Fsp3) is 1.00. The molecule has 15 heavy (non-hydrogen) atoms. The Balaban J connectivity index is 1.60. The second-order valence-electron chi connectivity index (χ2n) is 5.28. The van der Waals surface area contributed by atoms with Gasteiger partial charge in [-0.25, -0.2) is 0 Å². The minimum absolute atomic E-state index is 0.763. The second-order valence-corrected chi connectivity index (χ2v) is 5.28. The third-order valence-corrected chi connectivity index (χ3v) is 3.76. The van der Waals surface area contributed by atoms with Crippen molar-refractivity contribution in [1.82, 2.24) is 5.32 Å². The molecule has 0 amide bonds. The van der Waals surface area contributed by atoms with Crippen molar-refractivity contribution >= 4 is 0 Å². The van der Waals surface area contributed by atoms with Crippen LogP contribution in [0.1, 0.15) is 45.4 Å². The monoisotopic (exact) mass is 211 g/mol. The zero-order valence-corrected chi connectivity index (χ0v) is 10.0. The van der Waals surface area contributed by atoms with Crippen LogP contribution in [0.4, 0.5) is 0 Å². The average Bonchev–Trinajstić information content (AvgIpc) is 3.09. The minimum atomic E-state index is 0.763. The SMILES string of the molecule is CCC(CC1CC1)NCC1CCCOC1. The number of ether oxygens (including phenoxy) is 1. The van der Waals surface area contributed by atoms with Crippen LogP contribution in [-0.2, 0) is 4.74 Å². The third kappa shape index (κ3) is 4.12. The summed E-state index contributed by atoms with van der Waals surface area (Å²) in [5, 5.41) is 3.73. The molecule has 1 aliphatic heterocycles. The molecule has 0 aromatic heterocycles. The summed E-state index contributed by atoms with van der Waals surface area (Å²) in [5.41, 5.74) is 0. The largest absolute Gasteiger partial charge is 0.381 e. The molecule has 88 valence electrons. The summed E-state index contributed by atoms with van der Waals surface area (Å²) in [4.78, 5) is 0. The molecule has 2 fully saturated rings. The lowest BCUT2D eigenvalue weighted by atomic mass is 10.0. The molecular formula is C13H25NO. The molecule has 2 aliphatic rings. The fourth-order valence-electron chi connectivity index (χ4n) is 2.45. The van der Waals surface area contributed by atoms with E-state index in [1.54, 1.807) is 0 Å². The van der Waals surface area contributed by atoms with Crippen LogP contribution in [0.5, 0.6) is 0 Å². The van der Waals surface area contributed by atoms with Crippen LogP contribution in [-0.4, -0.2) is 25.8 Å². The van der Waals surface area contributed by atoms with E-state index in [1.165, 1.54) is 45.1 Å². The average molecular weight is 211 g/mol. The zero-order chi connectivity index (χ0) is 10.5. The summed E-state index contributed by atoms with van der Waals surface area (Å²) in [6.45, 7) is 5.44. The maximum absolute atomic E-state index is 5.50. The Bertz CT molecular complexity index is 173. The highest BCUT2D eigenvalue weighted by atomic mass is 16.5. The molecule has 0 spiro atoms. The molecule has 0 aromatic carbocycles. The standard InChI is InChI=1S/C13H25NO/c1-2-13(8-11-5-6-11)14-9-12-4-3-7-15-10-12/h11-14H,2-10H2,1H3. The van der Waals surface area contributed by atoms with Gasteiger partial charge in [0.15, 0.2) is 0 Å². The molecule has 1 heterocycles. The van der Waals surface area contributed by atoms with Crippen molar-refractivity contribution in [1.29, 1.82) is 0 Å². The lowest BCUT2D eigenvalue weighted by Crippen LogP contribution is -2.36. The molecule has 1 N–H and O–H groups in total. The van der Waals surface area contributed by atoms with E-state index in [9.17, 15) is 0 Å². The molecule has 0 bridgehead atoms. The van der Waals surface area contributed by atoms with E-state index in [-0.39, 0.29) is 0 Å². The number of hydrogen-bond acceptors (Lipinski definition) is 2. The molecule has 1 aliphatic carbocycles. The molecule has 1 saturated heterocycles. The smallest absolute Gasteiger partial charge is 0.0506 e. The van der Waals surface area contributed by atoms with Gasteiger partial charge in [0.1, 0.15) is 0 Å². The van der Waals surface area contributed by atoms with E-state index in [2.05, 4.69) is 12.2 Å². The molecule has 2 rings (SSSR count). The van der Waals surface area contributed by atoms with E-state index in [0.717, 1.165) is 31.1 Å². The molecule has 2 heteroatoms. The maximum Gasteiger partial charge on any atom is 0.0506 e. The van der Waals surface area contributed by atoms with Gasteiger partial charge >= 0.3 is 0 Å². The van der Waals surface area contributed by atoms with Crippen molar-refractivity contribution in [3.05, 3.63) is 0 Å². The van der Waals surface area contributed by atoms with Crippen LogP contribution in [0, 0.1) is 11.8 Å². The van der Waals surface area contributed by atoms with E-state index in [4.69, 9.17) is 4.74 Å². The van der Waals surface area contributed by atoms with Gasteiger partial charge in [-0.1, -0.05) is 19.8 Å². The van der Waals surface area contributed by atoms with E-state index in [1.807, 2.05) is 0 Å². The Morgan fingerprint density at radius 2 is 2.13 bits per heavy atom. The second kappa shape index (κ2) is 5.86. The van der Waals surface area contributed by atoms with E-state index >= 15 is 0 Å². The van der Waals surface area contributed by atoms with Crippen LogP contribution in [0.2, 0.25) is 0 Å². The van der Waals surface area contributed by atoms with Gasteiger partial charge in [0.05, 0.1) is 6.61 Å². The van der Waals surface area contributed by atoms with Crippen molar-refractivity contribution in [2.75, 3.05) is 19.8 Å². The summed E-state index contributed by atoms with van der Waals surface area (Å²) in [6, 6.07) is 0.763. The number of hydrogen-bond donors (Lipinski definition) is 1. The summed E-state index contributed by atoms with van der Waals surface area (Å²) in [7, 11) is 0. The summed E-state index contributed by atoms with van der Waals surface area (Å²) in [5.74, 6) is 1.82. The Labute approximate surface area is 93.8 Å². The number of nitrogens with one attached hydrogen (secondary N) is 1. The predicted molar refractivity (Wildman–Crippen MR) is 63.0 cm³/mol. The first-order valence-corrected chi connectivity index (χ1v) is 6.69. The summed E-state index contributed by atoms with van der Waals surface area (Å²) in [6.07, 6.45) is 8.25. The van der Waals surface area contributed by atoms with Gasteiger partial charge in [-0.05, 0) is 37.5 Å². The highest BCUT2D eigenvalue weighted by Gasteiger charge is 2.25. The van der Waals surface area contributed by atoms with Gasteiger partial charge in [-0.2, -0.15) is 0 Å². The van der Waals surface area contributed by atoms with Crippen molar-refractivity contribution in [3.63, 3.8) is 0 Å². The first kappa shape index (κ1) is 11.4. The highest BCUT2D eigenvalue weighted by molar-refractivity contribution is 4.80. The Kier molecular flexibility index (Phi) is 4.45. The van der Waals surface area contributed by atoms with Crippen LogP contribution in [0.15, 0.2) is 0 Å². The van der Waals surface area contributed by atoms with Gasteiger partial charge in [0.2, 0.25) is 0 Å². The van der Waals surface area contributed by atoms with Gasteiger partial charge in [0.25, 0.3) is 0 Å². The molecule has 1 saturated carbocycles. The van der Waals surface area contributed by atoms with E-state index < -0.39 is 0 Å². The fourth-order valence-corrected chi connectivity index (χ4v) is 2.45. The molecule has 2 atom stereocenters. The quantitative estimate of drug-likeness (QED) is 0.729. The summed E-state index contributed by atoms with van der Waals surface area (Å²) < 4.78 is 5.50. The minimum Gasteiger partial charge on any atom is -0.381 e. The maximum atomic E-state index is 5.50. The van der Waals surface area contributed by atoms with Crippen molar-refractivity contribution in [2.45, 2.75) is 51.5 Å². The molecule has 0 radical (unpaired) electrons. The zero-order valence-electron chi connectivity index (χ0n) is 10.0. The Morgan fingerprint density at radius 1 is 1.27 bits per heavy atom. The van der Waals surface area contributed by atoms with Crippen LogP contribution in [0.25, 0.3) is 0 Å². The van der Waals surface area contributed by atoms with Crippen LogP contribution in [0.3, 0.4) is 0 Å². The lowest BCUT2D eigenvalue weighted by Gasteiger charge is -2.25. The Morgan fingerprint density at radius 3 is 2.73 bits per heavy atom. The normalized spacial score (nSPS) is 29.0. The third-order valence-electron chi connectivity index (χ3n) is 3.76. The van der Waals surface area contributed by atoms with Gasteiger partial charge in [-0.3, -0.25) is 0 Å². The topological polar surface area (TPSA) is 21.3 Å². The Hall–Kier alpha value is -0.0800. The predicted octanol–water partition coefficient (Wildman–Crippen LogP) is 2.58. The first-order valence-electron chi connectivity index (χ1n) is 6.69. The molecular weight excluding hydrogens is 186 g/mol. The highest BCUT2D eigenvalue weighted by Crippen LogP contribution is 2.34. The van der Waals surface area contributed by atoms with Gasteiger partial charge < -0.3 is 10.1 Å². The van der Waals surface area contributed by atoms with Crippen molar-refractivity contribution in [2.24, 2.45) is 11.8 Å². The lowest BCUT2D eigenvalue weighted by molar-refractivity contribution is 0.0535. The van der Waals surface area contributed by atoms with Crippen LogP contribution < -0.4 is 5.32 Å². The van der Waals surface area contributed by atoms with Crippen LogP contribution >= 0.6 is 0 Å². The first-order chi connectivity index (χ1) is 7.38. The van der Waals surface area contributed by atoms with Crippen molar-refractivity contribution < 1.29 is 4.74 Å². The molecule has 2 nitrogen and oxygen atoms in total. The number of rotatable bonds is 6. The molecule has 0 aromatic rings.